The fourth-order valence-corrected chi connectivity index (χ4v) is 2.98. The molecule has 6 heteroatoms. The van der Waals surface area contributed by atoms with Crippen LogP contribution in [0.4, 0.5) is 9.18 Å². The molecule has 3 amide bonds. The van der Waals surface area contributed by atoms with Crippen LogP contribution in [0.3, 0.4) is 0 Å². The molecule has 2 aliphatic rings. The molecule has 3 rings (SSSR count). The van der Waals surface area contributed by atoms with Crippen molar-refractivity contribution >= 4 is 18.2 Å². The molecule has 5 nitrogen and oxygen atoms in total. The van der Waals surface area contributed by atoms with Gasteiger partial charge < -0.3 is 5.32 Å². The van der Waals surface area contributed by atoms with Crippen LogP contribution < -0.4 is 5.32 Å². The van der Waals surface area contributed by atoms with Gasteiger partial charge in [0.25, 0.3) is 5.91 Å². The predicted octanol–water partition coefficient (Wildman–Crippen LogP) is 2.66. The number of hydrazone groups is 1. The van der Waals surface area contributed by atoms with Gasteiger partial charge >= 0.3 is 6.03 Å². The van der Waals surface area contributed by atoms with Gasteiger partial charge in [0.15, 0.2) is 0 Å². The maximum Gasteiger partial charge on any atom is 0.346 e. The Morgan fingerprint density at radius 3 is 2.55 bits per heavy atom. The number of benzene rings is 1. The van der Waals surface area contributed by atoms with E-state index in [0.717, 1.165) is 17.9 Å². The minimum absolute atomic E-state index is 0.289. The molecule has 0 bridgehead atoms. The summed E-state index contributed by atoms with van der Waals surface area (Å²) in [6.45, 7) is 2.15. The number of amides is 3. The first-order valence-corrected chi connectivity index (χ1v) is 7.46. The van der Waals surface area contributed by atoms with E-state index in [1.165, 1.54) is 30.5 Å². The Morgan fingerprint density at radius 2 is 1.91 bits per heavy atom. The third kappa shape index (κ3) is 2.61. The Hall–Kier alpha value is -2.24. The SMILES string of the molecule is CC1CCC2(CC1)NC(=O)N(N=Cc1ccc(F)cc1)C2=O. The second kappa shape index (κ2) is 5.51. The number of hydrogen-bond donors (Lipinski definition) is 1. The van der Waals surface area contributed by atoms with Crippen LogP contribution in [-0.2, 0) is 4.79 Å². The molecule has 2 fully saturated rings. The van der Waals surface area contributed by atoms with E-state index in [2.05, 4.69) is 17.3 Å². The lowest BCUT2D eigenvalue weighted by Gasteiger charge is -2.33. The lowest BCUT2D eigenvalue weighted by molar-refractivity contribution is -0.132. The van der Waals surface area contributed by atoms with Gasteiger partial charge in [0.05, 0.1) is 6.21 Å². The molecule has 22 heavy (non-hydrogen) atoms. The maximum atomic E-state index is 12.8. The fraction of sp³-hybridized carbons (Fsp3) is 0.438. The summed E-state index contributed by atoms with van der Waals surface area (Å²) in [4.78, 5) is 24.6. The standard InChI is InChI=1S/C16H18FN3O2/c1-11-6-8-16(9-7-11)14(21)20(15(22)19-16)18-10-12-2-4-13(17)5-3-12/h2-5,10-11H,6-9H2,1H3,(H,19,22). The molecule has 1 saturated heterocycles. The third-order valence-electron chi connectivity index (χ3n) is 4.46. The van der Waals surface area contributed by atoms with Gasteiger partial charge in [0.2, 0.25) is 0 Å². The van der Waals surface area contributed by atoms with E-state index in [4.69, 9.17) is 0 Å². The van der Waals surface area contributed by atoms with Gasteiger partial charge in [-0.3, -0.25) is 4.79 Å². The molecule has 0 unspecified atom stereocenters. The Bertz CT molecular complexity index is 619. The van der Waals surface area contributed by atoms with Crippen LogP contribution in [-0.4, -0.2) is 28.7 Å². The van der Waals surface area contributed by atoms with Crippen molar-refractivity contribution in [3.8, 4) is 0 Å². The summed E-state index contributed by atoms with van der Waals surface area (Å²) >= 11 is 0. The Balaban J connectivity index is 1.76. The van der Waals surface area contributed by atoms with Crippen LogP contribution in [0.15, 0.2) is 29.4 Å². The van der Waals surface area contributed by atoms with Gasteiger partial charge in [-0.1, -0.05) is 19.1 Å². The van der Waals surface area contributed by atoms with E-state index < -0.39 is 11.6 Å². The average Bonchev–Trinajstić information content (AvgIpc) is 2.73. The maximum absolute atomic E-state index is 12.8. The summed E-state index contributed by atoms with van der Waals surface area (Å²) in [6, 6.07) is 5.19. The molecular weight excluding hydrogens is 285 g/mol. The zero-order chi connectivity index (χ0) is 15.7. The highest BCUT2D eigenvalue weighted by molar-refractivity contribution is 6.07. The Kier molecular flexibility index (Phi) is 3.68. The second-order valence-electron chi connectivity index (χ2n) is 6.11. The van der Waals surface area contributed by atoms with Crippen molar-refractivity contribution in [1.29, 1.82) is 0 Å². The van der Waals surface area contributed by atoms with E-state index in [1.807, 2.05) is 0 Å². The van der Waals surface area contributed by atoms with E-state index in [0.29, 0.717) is 24.3 Å². The van der Waals surface area contributed by atoms with E-state index >= 15 is 0 Å². The number of hydrogen-bond acceptors (Lipinski definition) is 3. The van der Waals surface area contributed by atoms with E-state index in [9.17, 15) is 14.0 Å². The number of urea groups is 1. The first-order valence-electron chi connectivity index (χ1n) is 7.46. The number of nitrogens with zero attached hydrogens (tertiary/aromatic N) is 2. The molecule has 1 aliphatic heterocycles. The van der Waals surface area contributed by atoms with Crippen LogP contribution in [0.5, 0.6) is 0 Å². The van der Waals surface area contributed by atoms with Crippen molar-refractivity contribution in [2.75, 3.05) is 0 Å². The predicted molar refractivity (Wildman–Crippen MR) is 79.7 cm³/mol. The number of carbonyl (C=O) groups is 2. The quantitative estimate of drug-likeness (QED) is 0.674. The largest absolute Gasteiger partial charge is 0.346 e. The molecule has 1 aromatic rings. The summed E-state index contributed by atoms with van der Waals surface area (Å²) < 4.78 is 12.8. The highest BCUT2D eigenvalue weighted by Gasteiger charge is 2.52. The molecule has 0 aromatic heterocycles. The summed E-state index contributed by atoms with van der Waals surface area (Å²) in [5.74, 6) is -0.0581. The van der Waals surface area contributed by atoms with Crippen molar-refractivity contribution in [2.45, 2.75) is 38.1 Å². The first kappa shape index (κ1) is 14.7. The smallest absolute Gasteiger partial charge is 0.321 e. The molecule has 1 saturated carbocycles. The number of rotatable bonds is 2. The summed E-state index contributed by atoms with van der Waals surface area (Å²) in [5.41, 5.74) is -0.163. The third-order valence-corrected chi connectivity index (χ3v) is 4.46. The van der Waals surface area contributed by atoms with E-state index in [-0.39, 0.29) is 11.7 Å². The van der Waals surface area contributed by atoms with Gasteiger partial charge in [0, 0.05) is 0 Å². The Labute approximate surface area is 128 Å². The summed E-state index contributed by atoms with van der Waals surface area (Å²) in [5, 5.41) is 7.67. The molecule has 0 atom stereocenters. The van der Waals surface area contributed by atoms with Crippen LogP contribution in [0.25, 0.3) is 0 Å². The highest BCUT2D eigenvalue weighted by Crippen LogP contribution is 2.36. The van der Waals surface area contributed by atoms with Crippen LogP contribution >= 0.6 is 0 Å². The van der Waals surface area contributed by atoms with Crippen LogP contribution in [0.2, 0.25) is 0 Å². The fourth-order valence-electron chi connectivity index (χ4n) is 2.98. The lowest BCUT2D eigenvalue weighted by Crippen LogP contribution is -2.49. The average molecular weight is 303 g/mol. The zero-order valence-electron chi connectivity index (χ0n) is 12.4. The van der Waals surface area contributed by atoms with Gasteiger partial charge in [-0.2, -0.15) is 5.10 Å². The topological polar surface area (TPSA) is 61.8 Å². The van der Waals surface area contributed by atoms with Gasteiger partial charge in [-0.15, -0.1) is 5.01 Å². The van der Waals surface area contributed by atoms with Crippen LogP contribution in [0, 0.1) is 11.7 Å². The van der Waals surface area contributed by atoms with E-state index in [1.54, 1.807) is 0 Å². The molecule has 1 N–H and O–H groups in total. The van der Waals surface area contributed by atoms with Crippen molar-refractivity contribution < 1.29 is 14.0 Å². The van der Waals surface area contributed by atoms with Crippen molar-refractivity contribution in [3.63, 3.8) is 0 Å². The van der Waals surface area contributed by atoms with Crippen molar-refractivity contribution in [2.24, 2.45) is 11.0 Å². The molecule has 1 aliphatic carbocycles. The normalized spacial score (nSPS) is 28.6. The van der Waals surface area contributed by atoms with Crippen LogP contribution in [0.1, 0.15) is 38.2 Å². The Morgan fingerprint density at radius 1 is 1.27 bits per heavy atom. The summed E-state index contributed by atoms with van der Waals surface area (Å²) in [6.07, 6.45) is 4.53. The van der Waals surface area contributed by atoms with Gasteiger partial charge in [-0.05, 0) is 49.3 Å². The summed E-state index contributed by atoms with van der Waals surface area (Å²) in [7, 11) is 0. The number of carbonyl (C=O) groups excluding carboxylic acids is 2. The van der Waals surface area contributed by atoms with Gasteiger partial charge in [-0.25, -0.2) is 9.18 Å². The molecular formula is C16H18FN3O2. The molecule has 1 spiro atoms. The van der Waals surface area contributed by atoms with Crippen molar-refractivity contribution in [1.82, 2.24) is 10.3 Å². The highest BCUT2D eigenvalue weighted by atomic mass is 19.1. The molecule has 116 valence electrons. The second-order valence-corrected chi connectivity index (χ2v) is 6.11. The molecule has 0 radical (unpaired) electrons. The minimum atomic E-state index is -0.788. The monoisotopic (exact) mass is 303 g/mol. The number of imide groups is 1. The van der Waals surface area contributed by atoms with Crippen molar-refractivity contribution in [3.05, 3.63) is 35.6 Å². The lowest BCUT2D eigenvalue weighted by atomic mass is 9.77. The van der Waals surface area contributed by atoms with Gasteiger partial charge in [0.1, 0.15) is 11.4 Å². The minimum Gasteiger partial charge on any atom is -0.321 e. The number of nitrogens with one attached hydrogen (secondary N) is 1. The number of halogens is 1. The zero-order valence-corrected chi connectivity index (χ0v) is 12.4. The first-order chi connectivity index (χ1) is 10.5. The molecule has 1 heterocycles. The molecule has 1 aromatic carbocycles.